The van der Waals surface area contributed by atoms with E-state index < -0.39 is 0 Å². The average molecular weight is 232 g/mol. The Balaban J connectivity index is 2.33. The van der Waals surface area contributed by atoms with Crippen LogP contribution < -0.4 is 9.47 Å². The molecule has 0 radical (unpaired) electrons. The first-order valence-electron chi connectivity index (χ1n) is 5.83. The van der Waals surface area contributed by atoms with E-state index in [0.29, 0.717) is 17.9 Å². The van der Waals surface area contributed by atoms with Crippen molar-refractivity contribution in [3.05, 3.63) is 35.4 Å². The number of hydrogen-bond acceptors (Lipinski definition) is 3. The number of hydrogen-bond donors (Lipinski definition) is 0. The van der Waals surface area contributed by atoms with Gasteiger partial charge >= 0.3 is 5.97 Å². The van der Waals surface area contributed by atoms with Gasteiger partial charge in [0, 0.05) is 17.6 Å². The lowest BCUT2D eigenvalue weighted by molar-refractivity contribution is -0.131. The summed E-state index contributed by atoms with van der Waals surface area (Å²) in [6, 6.07) is 5.67. The summed E-state index contributed by atoms with van der Waals surface area (Å²) in [5, 5.41) is 0. The summed E-state index contributed by atoms with van der Waals surface area (Å²) < 4.78 is 10.5. The summed E-state index contributed by atoms with van der Waals surface area (Å²) in [7, 11) is 1.58. The van der Waals surface area contributed by atoms with Crippen LogP contribution in [0, 0.1) is 0 Å². The van der Waals surface area contributed by atoms with Crippen LogP contribution in [-0.2, 0) is 11.2 Å². The van der Waals surface area contributed by atoms with Crippen LogP contribution in [0.1, 0.15) is 25.3 Å². The molecular weight excluding hydrogens is 216 g/mol. The van der Waals surface area contributed by atoms with Gasteiger partial charge in [-0.15, -0.1) is 0 Å². The number of para-hydroxylation sites is 1. The molecular formula is C14H16O3. The largest absolute Gasteiger partial charge is 0.493 e. The quantitative estimate of drug-likeness (QED) is 0.456. The number of ether oxygens (including phenoxy) is 2. The molecule has 90 valence electrons. The Morgan fingerprint density at radius 2 is 2.29 bits per heavy atom. The zero-order chi connectivity index (χ0) is 12.3. The fourth-order valence-electron chi connectivity index (χ4n) is 1.89. The van der Waals surface area contributed by atoms with Crippen molar-refractivity contribution in [2.45, 2.75) is 26.2 Å². The first-order chi connectivity index (χ1) is 8.26. The fraction of sp³-hybridized carbons (Fsp3) is 0.357. The van der Waals surface area contributed by atoms with Gasteiger partial charge in [-0.25, -0.2) is 4.79 Å². The lowest BCUT2D eigenvalue weighted by Gasteiger charge is -2.19. The maximum Gasteiger partial charge on any atom is 0.339 e. The summed E-state index contributed by atoms with van der Waals surface area (Å²) in [5.74, 6) is 0.925. The SMILES string of the molecule is CCC/C=C1/Cc2cccc(OC)c2OC1=O. The van der Waals surface area contributed by atoms with Crippen molar-refractivity contribution >= 4 is 5.97 Å². The zero-order valence-corrected chi connectivity index (χ0v) is 10.2. The smallest absolute Gasteiger partial charge is 0.339 e. The van der Waals surface area contributed by atoms with E-state index >= 15 is 0 Å². The molecule has 0 saturated carbocycles. The topological polar surface area (TPSA) is 35.5 Å². The van der Waals surface area contributed by atoms with Gasteiger partial charge in [-0.2, -0.15) is 0 Å². The summed E-state index contributed by atoms with van der Waals surface area (Å²) in [5.41, 5.74) is 1.75. The van der Waals surface area contributed by atoms with Crippen LogP contribution in [-0.4, -0.2) is 13.1 Å². The van der Waals surface area contributed by atoms with E-state index in [-0.39, 0.29) is 5.97 Å². The Hall–Kier alpha value is -1.77. The van der Waals surface area contributed by atoms with Crippen LogP contribution in [0.3, 0.4) is 0 Å². The van der Waals surface area contributed by atoms with Crippen molar-refractivity contribution in [3.8, 4) is 11.5 Å². The second-order valence-electron chi connectivity index (χ2n) is 4.03. The van der Waals surface area contributed by atoms with Crippen LogP contribution in [0.4, 0.5) is 0 Å². The standard InChI is InChI=1S/C14H16O3/c1-3-4-6-11-9-10-7-5-8-12(16-2)13(10)17-14(11)15/h5-8H,3-4,9H2,1-2H3/b11-6-. The van der Waals surface area contributed by atoms with E-state index in [2.05, 4.69) is 6.92 Å². The van der Waals surface area contributed by atoms with Gasteiger partial charge in [-0.1, -0.05) is 31.6 Å². The minimum atomic E-state index is -0.254. The van der Waals surface area contributed by atoms with Gasteiger partial charge in [0.15, 0.2) is 11.5 Å². The molecule has 0 aliphatic carbocycles. The highest BCUT2D eigenvalue weighted by Gasteiger charge is 2.24. The normalized spacial score (nSPS) is 16.6. The molecule has 3 nitrogen and oxygen atoms in total. The fourth-order valence-corrected chi connectivity index (χ4v) is 1.89. The Morgan fingerprint density at radius 1 is 1.47 bits per heavy atom. The third kappa shape index (κ3) is 2.33. The second kappa shape index (κ2) is 5.04. The van der Waals surface area contributed by atoms with Crippen molar-refractivity contribution in [2.75, 3.05) is 7.11 Å². The minimum absolute atomic E-state index is 0.254. The highest BCUT2D eigenvalue weighted by Crippen LogP contribution is 2.36. The zero-order valence-electron chi connectivity index (χ0n) is 10.2. The third-order valence-corrected chi connectivity index (χ3v) is 2.80. The molecule has 0 fully saturated rings. The van der Waals surface area contributed by atoms with E-state index in [1.807, 2.05) is 18.2 Å². The average Bonchev–Trinajstić information content (AvgIpc) is 2.35. The van der Waals surface area contributed by atoms with Crippen molar-refractivity contribution in [1.29, 1.82) is 0 Å². The molecule has 17 heavy (non-hydrogen) atoms. The van der Waals surface area contributed by atoms with Crippen LogP contribution in [0.2, 0.25) is 0 Å². The molecule has 0 bridgehead atoms. The highest BCUT2D eigenvalue weighted by molar-refractivity contribution is 5.93. The highest BCUT2D eigenvalue weighted by atomic mass is 16.6. The van der Waals surface area contributed by atoms with Crippen LogP contribution in [0.5, 0.6) is 11.5 Å². The molecule has 1 heterocycles. The van der Waals surface area contributed by atoms with Gasteiger partial charge < -0.3 is 9.47 Å². The number of rotatable bonds is 3. The monoisotopic (exact) mass is 232 g/mol. The number of carbonyl (C=O) groups excluding carboxylic acids is 1. The van der Waals surface area contributed by atoms with Crippen molar-refractivity contribution < 1.29 is 14.3 Å². The Morgan fingerprint density at radius 3 is 3.00 bits per heavy atom. The molecule has 1 aromatic rings. The number of benzene rings is 1. The number of fused-ring (bicyclic) bond motifs is 1. The summed E-state index contributed by atoms with van der Waals surface area (Å²) in [6.45, 7) is 2.09. The lowest BCUT2D eigenvalue weighted by Crippen LogP contribution is -2.20. The molecule has 1 aromatic carbocycles. The number of allylic oxidation sites excluding steroid dienone is 1. The van der Waals surface area contributed by atoms with Gasteiger partial charge in [-0.05, 0) is 12.5 Å². The number of esters is 1. The summed E-state index contributed by atoms with van der Waals surface area (Å²) in [6.07, 6.45) is 4.53. The van der Waals surface area contributed by atoms with Gasteiger partial charge in [0.1, 0.15) is 0 Å². The number of carbonyl (C=O) groups is 1. The van der Waals surface area contributed by atoms with E-state index in [0.717, 1.165) is 24.0 Å². The molecule has 0 amide bonds. The van der Waals surface area contributed by atoms with E-state index in [1.54, 1.807) is 13.2 Å². The Labute approximate surface area is 101 Å². The predicted molar refractivity (Wildman–Crippen MR) is 65.3 cm³/mol. The second-order valence-corrected chi connectivity index (χ2v) is 4.03. The minimum Gasteiger partial charge on any atom is -0.493 e. The van der Waals surface area contributed by atoms with Crippen LogP contribution in [0.15, 0.2) is 29.8 Å². The van der Waals surface area contributed by atoms with Crippen molar-refractivity contribution in [2.24, 2.45) is 0 Å². The molecule has 0 aromatic heterocycles. The van der Waals surface area contributed by atoms with E-state index in [9.17, 15) is 4.79 Å². The van der Waals surface area contributed by atoms with Gasteiger partial charge in [0.25, 0.3) is 0 Å². The van der Waals surface area contributed by atoms with Gasteiger partial charge in [0.05, 0.1) is 7.11 Å². The molecule has 1 aliphatic heterocycles. The molecule has 0 spiro atoms. The Bertz CT molecular complexity index is 461. The van der Waals surface area contributed by atoms with Crippen molar-refractivity contribution in [3.63, 3.8) is 0 Å². The summed E-state index contributed by atoms with van der Waals surface area (Å²) >= 11 is 0. The third-order valence-electron chi connectivity index (χ3n) is 2.80. The molecule has 2 rings (SSSR count). The molecule has 0 unspecified atom stereocenters. The summed E-state index contributed by atoms with van der Waals surface area (Å²) in [4.78, 5) is 11.8. The predicted octanol–water partition coefficient (Wildman–Crippen LogP) is 2.88. The van der Waals surface area contributed by atoms with E-state index in [1.165, 1.54) is 0 Å². The van der Waals surface area contributed by atoms with E-state index in [4.69, 9.17) is 9.47 Å². The first-order valence-corrected chi connectivity index (χ1v) is 5.83. The molecule has 3 heteroatoms. The molecule has 0 saturated heterocycles. The number of unbranched alkanes of at least 4 members (excludes halogenated alkanes) is 1. The molecule has 0 atom stereocenters. The maximum absolute atomic E-state index is 11.8. The molecule has 1 aliphatic rings. The van der Waals surface area contributed by atoms with Gasteiger partial charge in [-0.3, -0.25) is 0 Å². The molecule has 0 N–H and O–H groups in total. The maximum atomic E-state index is 11.8. The number of methoxy groups -OCH3 is 1. The first kappa shape index (κ1) is 11.7. The Kier molecular flexibility index (Phi) is 3.47. The van der Waals surface area contributed by atoms with Crippen molar-refractivity contribution in [1.82, 2.24) is 0 Å². The van der Waals surface area contributed by atoms with Crippen LogP contribution in [0.25, 0.3) is 0 Å². The van der Waals surface area contributed by atoms with Crippen LogP contribution >= 0.6 is 0 Å². The van der Waals surface area contributed by atoms with Gasteiger partial charge in [0.2, 0.25) is 0 Å². The lowest BCUT2D eigenvalue weighted by atomic mass is 10.00.